The van der Waals surface area contributed by atoms with Gasteiger partial charge >= 0.3 is 0 Å². The highest BCUT2D eigenvalue weighted by Gasteiger charge is 2.14. The molecule has 0 aliphatic carbocycles. The molecule has 0 heterocycles. The van der Waals surface area contributed by atoms with Crippen LogP contribution in [-0.4, -0.2) is 43.9 Å². The number of aliphatic hydroxyl groups excluding tert-OH is 1. The Labute approximate surface area is 113 Å². The van der Waals surface area contributed by atoms with E-state index in [9.17, 15) is 4.79 Å². The zero-order valence-corrected chi connectivity index (χ0v) is 11.5. The number of hydrogen-bond acceptors (Lipinski definition) is 5. The first-order chi connectivity index (χ1) is 9.08. The summed E-state index contributed by atoms with van der Waals surface area (Å²) in [6.45, 7) is 3.76. The predicted molar refractivity (Wildman–Crippen MR) is 71.0 cm³/mol. The van der Waals surface area contributed by atoms with Gasteiger partial charge in [0, 0.05) is 0 Å². The summed E-state index contributed by atoms with van der Waals surface area (Å²) >= 11 is 0. The SMILES string of the molecule is COc1ccc(OC(C)C)cc1C(=O)COCCO. The van der Waals surface area contributed by atoms with Crippen LogP contribution in [-0.2, 0) is 4.74 Å². The van der Waals surface area contributed by atoms with Gasteiger partial charge in [-0.3, -0.25) is 4.79 Å². The quantitative estimate of drug-likeness (QED) is 0.574. The second-order valence-electron chi connectivity index (χ2n) is 4.23. The van der Waals surface area contributed by atoms with Crippen LogP contribution >= 0.6 is 0 Å². The van der Waals surface area contributed by atoms with E-state index < -0.39 is 0 Å². The highest BCUT2D eigenvalue weighted by molar-refractivity contribution is 6.00. The third-order valence-electron chi connectivity index (χ3n) is 2.31. The van der Waals surface area contributed by atoms with Crippen molar-refractivity contribution in [2.75, 3.05) is 26.9 Å². The molecular weight excluding hydrogens is 248 g/mol. The smallest absolute Gasteiger partial charge is 0.192 e. The highest BCUT2D eigenvalue weighted by atomic mass is 16.5. The average molecular weight is 268 g/mol. The lowest BCUT2D eigenvalue weighted by molar-refractivity contribution is 0.0661. The van der Waals surface area contributed by atoms with E-state index in [1.54, 1.807) is 18.2 Å². The van der Waals surface area contributed by atoms with Crippen molar-refractivity contribution in [3.8, 4) is 11.5 Å². The minimum absolute atomic E-state index is 0.0296. The second-order valence-corrected chi connectivity index (χ2v) is 4.23. The number of ether oxygens (including phenoxy) is 3. The first kappa shape index (κ1) is 15.5. The van der Waals surface area contributed by atoms with Gasteiger partial charge in [0.05, 0.1) is 32.0 Å². The molecule has 0 unspecified atom stereocenters. The van der Waals surface area contributed by atoms with E-state index in [1.165, 1.54) is 7.11 Å². The van der Waals surface area contributed by atoms with Gasteiger partial charge in [0.2, 0.25) is 0 Å². The van der Waals surface area contributed by atoms with Crippen LogP contribution in [0.4, 0.5) is 0 Å². The van der Waals surface area contributed by atoms with Crippen LogP contribution in [0.2, 0.25) is 0 Å². The van der Waals surface area contributed by atoms with Crippen LogP contribution in [0.5, 0.6) is 11.5 Å². The molecule has 0 aliphatic heterocycles. The maximum Gasteiger partial charge on any atom is 0.192 e. The van der Waals surface area contributed by atoms with E-state index >= 15 is 0 Å². The number of Topliss-reactive ketones (excluding diaryl/α,β-unsaturated/α-hetero) is 1. The van der Waals surface area contributed by atoms with Gasteiger partial charge < -0.3 is 19.3 Å². The van der Waals surface area contributed by atoms with E-state index in [0.717, 1.165) is 0 Å². The molecule has 0 radical (unpaired) electrons. The van der Waals surface area contributed by atoms with Gasteiger partial charge in [-0.05, 0) is 32.0 Å². The molecule has 19 heavy (non-hydrogen) atoms. The fourth-order valence-electron chi connectivity index (χ4n) is 1.56. The van der Waals surface area contributed by atoms with Crippen LogP contribution < -0.4 is 9.47 Å². The van der Waals surface area contributed by atoms with Crippen molar-refractivity contribution in [1.82, 2.24) is 0 Å². The molecular formula is C14H20O5. The molecule has 0 bridgehead atoms. The molecule has 0 atom stereocenters. The fraction of sp³-hybridized carbons (Fsp3) is 0.500. The van der Waals surface area contributed by atoms with E-state index in [0.29, 0.717) is 17.1 Å². The summed E-state index contributed by atoms with van der Waals surface area (Å²) in [6, 6.07) is 5.09. The molecule has 0 fully saturated rings. The highest BCUT2D eigenvalue weighted by Crippen LogP contribution is 2.25. The summed E-state index contributed by atoms with van der Waals surface area (Å²) < 4.78 is 15.7. The molecule has 0 saturated heterocycles. The molecule has 0 spiro atoms. The molecule has 5 heteroatoms. The lowest BCUT2D eigenvalue weighted by Gasteiger charge is -2.13. The van der Waals surface area contributed by atoms with E-state index in [1.807, 2.05) is 13.8 Å². The Balaban J connectivity index is 2.85. The number of aliphatic hydroxyl groups is 1. The minimum atomic E-state index is -0.209. The zero-order chi connectivity index (χ0) is 14.3. The molecule has 0 aliphatic rings. The Hall–Kier alpha value is -1.59. The lowest BCUT2D eigenvalue weighted by atomic mass is 10.1. The maximum atomic E-state index is 12.0. The van der Waals surface area contributed by atoms with Gasteiger partial charge in [0.1, 0.15) is 18.1 Å². The van der Waals surface area contributed by atoms with Gasteiger partial charge in [-0.2, -0.15) is 0 Å². The summed E-state index contributed by atoms with van der Waals surface area (Å²) in [5.74, 6) is 0.884. The Kier molecular flexibility index (Phi) is 6.32. The summed E-state index contributed by atoms with van der Waals surface area (Å²) in [7, 11) is 1.50. The van der Waals surface area contributed by atoms with E-state index in [4.69, 9.17) is 19.3 Å². The van der Waals surface area contributed by atoms with Crippen molar-refractivity contribution >= 4 is 5.78 Å². The zero-order valence-electron chi connectivity index (χ0n) is 11.5. The normalized spacial score (nSPS) is 10.6. The summed E-state index contributed by atoms with van der Waals surface area (Å²) in [5.41, 5.74) is 0.415. The van der Waals surface area contributed by atoms with Gasteiger partial charge in [-0.1, -0.05) is 0 Å². The number of hydrogen-bond donors (Lipinski definition) is 1. The van der Waals surface area contributed by atoms with Crippen molar-refractivity contribution in [1.29, 1.82) is 0 Å². The van der Waals surface area contributed by atoms with Crippen molar-refractivity contribution in [2.45, 2.75) is 20.0 Å². The van der Waals surface area contributed by atoms with Crippen LogP contribution in [0.1, 0.15) is 24.2 Å². The predicted octanol–water partition coefficient (Wildman–Crippen LogP) is 1.67. The third-order valence-corrected chi connectivity index (χ3v) is 2.31. The summed E-state index contributed by atoms with van der Waals surface area (Å²) in [5, 5.41) is 8.61. The number of carbonyl (C=O) groups is 1. The molecule has 0 aromatic heterocycles. The molecule has 1 aromatic carbocycles. The molecule has 0 saturated carbocycles. The van der Waals surface area contributed by atoms with Gasteiger partial charge in [-0.25, -0.2) is 0 Å². The van der Waals surface area contributed by atoms with Crippen LogP contribution in [0.3, 0.4) is 0 Å². The molecule has 5 nitrogen and oxygen atoms in total. The Morgan fingerprint density at radius 1 is 1.37 bits per heavy atom. The van der Waals surface area contributed by atoms with Crippen molar-refractivity contribution in [3.63, 3.8) is 0 Å². The molecule has 1 rings (SSSR count). The third kappa shape index (κ3) is 4.89. The Bertz CT molecular complexity index is 414. The second kappa shape index (κ2) is 7.76. The Morgan fingerprint density at radius 2 is 2.11 bits per heavy atom. The Morgan fingerprint density at radius 3 is 2.68 bits per heavy atom. The largest absolute Gasteiger partial charge is 0.496 e. The topological polar surface area (TPSA) is 65.0 Å². The van der Waals surface area contributed by atoms with Crippen LogP contribution in [0.15, 0.2) is 18.2 Å². The van der Waals surface area contributed by atoms with Crippen molar-refractivity contribution in [3.05, 3.63) is 23.8 Å². The number of benzene rings is 1. The number of ketones is 1. The average Bonchev–Trinajstić information content (AvgIpc) is 2.38. The standard InChI is InChI=1S/C14H20O5/c1-10(2)19-11-4-5-14(17-3)12(8-11)13(16)9-18-7-6-15/h4-5,8,10,15H,6-7,9H2,1-3H3. The fourth-order valence-corrected chi connectivity index (χ4v) is 1.56. The molecule has 0 amide bonds. The number of rotatable bonds is 8. The maximum absolute atomic E-state index is 12.0. The summed E-state index contributed by atoms with van der Waals surface area (Å²) in [4.78, 5) is 12.0. The summed E-state index contributed by atoms with van der Waals surface area (Å²) in [6.07, 6.45) is 0.0296. The number of carbonyl (C=O) groups excluding carboxylic acids is 1. The van der Waals surface area contributed by atoms with Crippen LogP contribution in [0, 0.1) is 0 Å². The lowest BCUT2D eigenvalue weighted by Crippen LogP contribution is -2.13. The first-order valence-electron chi connectivity index (χ1n) is 6.15. The van der Waals surface area contributed by atoms with Crippen molar-refractivity contribution in [2.24, 2.45) is 0 Å². The minimum Gasteiger partial charge on any atom is -0.496 e. The van der Waals surface area contributed by atoms with E-state index in [2.05, 4.69) is 0 Å². The monoisotopic (exact) mass is 268 g/mol. The van der Waals surface area contributed by atoms with Crippen molar-refractivity contribution < 1.29 is 24.1 Å². The van der Waals surface area contributed by atoms with Crippen LogP contribution in [0.25, 0.3) is 0 Å². The van der Waals surface area contributed by atoms with Gasteiger partial charge in [0.15, 0.2) is 5.78 Å². The van der Waals surface area contributed by atoms with Gasteiger partial charge in [-0.15, -0.1) is 0 Å². The van der Waals surface area contributed by atoms with Gasteiger partial charge in [0.25, 0.3) is 0 Å². The molecule has 1 N–H and O–H groups in total. The number of methoxy groups -OCH3 is 1. The first-order valence-corrected chi connectivity index (χ1v) is 6.15. The van der Waals surface area contributed by atoms with E-state index in [-0.39, 0.29) is 31.7 Å². The molecule has 1 aromatic rings. The molecule has 106 valence electrons.